The zero-order chi connectivity index (χ0) is 10.6. The summed E-state index contributed by atoms with van der Waals surface area (Å²) in [4.78, 5) is 10.5. The van der Waals surface area contributed by atoms with Crippen molar-refractivity contribution in [3.05, 3.63) is 11.8 Å². The smallest absolute Gasteiger partial charge is 0.188 e. The standard InChI is InChI=1S/C11H20O3/c1-3-4-5-6-7-8-11(9-12)14-10-13-2/h8-9H,3-7,10H2,1-2H3. The number of rotatable bonds is 9. The van der Waals surface area contributed by atoms with Gasteiger partial charge in [0.2, 0.25) is 0 Å². The molecule has 0 fully saturated rings. The van der Waals surface area contributed by atoms with Crippen LogP contribution >= 0.6 is 0 Å². The average molecular weight is 200 g/mol. The van der Waals surface area contributed by atoms with Gasteiger partial charge in [0.25, 0.3) is 0 Å². The third-order valence-corrected chi connectivity index (χ3v) is 1.86. The molecule has 3 nitrogen and oxygen atoms in total. The molecule has 0 spiro atoms. The maximum absolute atomic E-state index is 10.5. The van der Waals surface area contributed by atoms with Gasteiger partial charge in [0.05, 0.1) is 0 Å². The van der Waals surface area contributed by atoms with Crippen LogP contribution in [0.4, 0.5) is 0 Å². The lowest BCUT2D eigenvalue weighted by atomic mass is 10.1. The first kappa shape index (κ1) is 13.2. The van der Waals surface area contributed by atoms with Crippen LogP contribution < -0.4 is 0 Å². The molecule has 0 atom stereocenters. The van der Waals surface area contributed by atoms with Crippen molar-refractivity contribution in [2.75, 3.05) is 13.9 Å². The van der Waals surface area contributed by atoms with Crippen LogP contribution in [-0.4, -0.2) is 20.2 Å². The highest BCUT2D eigenvalue weighted by atomic mass is 16.7. The summed E-state index contributed by atoms with van der Waals surface area (Å²) in [5, 5.41) is 0. The lowest BCUT2D eigenvalue weighted by Gasteiger charge is -2.02. The number of hydrogen-bond donors (Lipinski definition) is 0. The van der Waals surface area contributed by atoms with E-state index in [4.69, 9.17) is 9.47 Å². The van der Waals surface area contributed by atoms with Crippen LogP contribution in [0.3, 0.4) is 0 Å². The minimum atomic E-state index is 0.138. The fourth-order valence-corrected chi connectivity index (χ4v) is 1.08. The van der Waals surface area contributed by atoms with Crippen molar-refractivity contribution in [2.45, 2.75) is 39.0 Å². The van der Waals surface area contributed by atoms with Crippen LogP contribution in [0.25, 0.3) is 0 Å². The molecule has 0 saturated heterocycles. The van der Waals surface area contributed by atoms with Gasteiger partial charge in [0, 0.05) is 7.11 Å². The SMILES string of the molecule is CCCCCCC=C(C=O)OCOC. The summed E-state index contributed by atoms with van der Waals surface area (Å²) in [5.41, 5.74) is 0. The summed E-state index contributed by atoms with van der Waals surface area (Å²) in [6.45, 7) is 2.31. The monoisotopic (exact) mass is 200 g/mol. The summed E-state index contributed by atoms with van der Waals surface area (Å²) in [5.74, 6) is 0.378. The topological polar surface area (TPSA) is 35.5 Å². The molecule has 0 saturated carbocycles. The second kappa shape index (κ2) is 10.3. The maximum atomic E-state index is 10.5. The van der Waals surface area contributed by atoms with E-state index in [0.717, 1.165) is 19.1 Å². The Kier molecular flexibility index (Phi) is 9.64. The Bertz CT molecular complexity index is 164. The van der Waals surface area contributed by atoms with E-state index in [9.17, 15) is 4.79 Å². The van der Waals surface area contributed by atoms with Gasteiger partial charge in [-0.2, -0.15) is 0 Å². The number of aldehydes is 1. The van der Waals surface area contributed by atoms with Gasteiger partial charge in [0.1, 0.15) is 0 Å². The number of carbonyl (C=O) groups is 1. The predicted octanol–water partition coefficient (Wildman–Crippen LogP) is 2.66. The first-order valence-electron chi connectivity index (χ1n) is 5.12. The van der Waals surface area contributed by atoms with Crippen molar-refractivity contribution in [1.29, 1.82) is 0 Å². The fourth-order valence-electron chi connectivity index (χ4n) is 1.08. The van der Waals surface area contributed by atoms with Gasteiger partial charge in [-0.15, -0.1) is 0 Å². The molecule has 14 heavy (non-hydrogen) atoms. The zero-order valence-corrected chi connectivity index (χ0v) is 9.12. The molecule has 0 rings (SSSR count). The van der Waals surface area contributed by atoms with Crippen LogP contribution in [-0.2, 0) is 14.3 Å². The molecule has 0 amide bonds. The molecule has 0 N–H and O–H groups in total. The van der Waals surface area contributed by atoms with E-state index < -0.39 is 0 Å². The first-order valence-corrected chi connectivity index (χ1v) is 5.12. The van der Waals surface area contributed by atoms with E-state index in [1.165, 1.54) is 26.4 Å². The summed E-state index contributed by atoms with van der Waals surface area (Å²) in [7, 11) is 1.53. The average Bonchev–Trinajstić information content (AvgIpc) is 2.22. The van der Waals surface area contributed by atoms with Gasteiger partial charge < -0.3 is 9.47 Å². The molecule has 0 aliphatic rings. The molecule has 82 valence electrons. The van der Waals surface area contributed by atoms with Gasteiger partial charge in [0.15, 0.2) is 18.8 Å². The predicted molar refractivity (Wildman–Crippen MR) is 55.9 cm³/mol. The van der Waals surface area contributed by atoms with Crippen molar-refractivity contribution >= 4 is 6.29 Å². The first-order chi connectivity index (χ1) is 6.85. The van der Waals surface area contributed by atoms with E-state index in [0.29, 0.717) is 5.76 Å². The highest BCUT2D eigenvalue weighted by molar-refractivity contribution is 5.69. The minimum absolute atomic E-state index is 0.138. The molecule has 0 aromatic carbocycles. The van der Waals surface area contributed by atoms with Crippen LogP contribution in [0.15, 0.2) is 11.8 Å². The largest absolute Gasteiger partial charge is 0.464 e. The molecule has 3 heteroatoms. The van der Waals surface area contributed by atoms with Crippen LogP contribution in [0.1, 0.15) is 39.0 Å². The summed E-state index contributed by atoms with van der Waals surface area (Å²) < 4.78 is 9.71. The third kappa shape index (κ3) is 7.80. The minimum Gasteiger partial charge on any atom is -0.464 e. The summed E-state index contributed by atoms with van der Waals surface area (Å²) >= 11 is 0. The quantitative estimate of drug-likeness (QED) is 0.189. The molecular weight excluding hydrogens is 180 g/mol. The van der Waals surface area contributed by atoms with Gasteiger partial charge in [-0.25, -0.2) is 0 Å². The lowest BCUT2D eigenvalue weighted by molar-refractivity contribution is -0.110. The molecule has 0 bridgehead atoms. The van der Waals surface area contributed by atoms with Crippen molar-refractivity contribution in [3.63, 3.8) is 0 Å². The van der Waals surface area contributed by atoms with Crippen LogP contribution in [0.5, 0.6) is 0 Å². The maximum Gasteiger partial charge on any atom is 0.188 e. The Balaban J connectivity index is 3.53. The normalized spacial score (nSPS) is 11.4. The lowest BCUT2D eigenvalue weighted by Crippen LogP contribution is -1.97. The molecule has 0 radical (unpaired) electrons. The molecular formula is C11H20O3. The van der Waals surface area contributed by atoms with Crippen molar-refractivity contribution in [1.82, 2.24) is 0 Å². The Hall–Kier alpha value is -0.830. The van der Waals surface area contributed by atoms with E-state index in [1.807, 2.05) is 6.08 Å². The summed E-state index contributed by atoms with van der Waals surface area (Å²) in [6, 6.07) is 0. The number of unbranched alkanes of at least 4 members (excludes halogenated alkanes) is 4. The molecule has 0 unspecified atom stereocenters. The molecule has 0 aliphatic carbocycles. The summed E-state index contributed by atoms with van der Waals surface area (Å²) in [6.07, 6.45) is 8.25. The Labute approximate surface area is 86.1 Å². The van der Waals surface area contributed by atoms with Gasteiger partial charge in [-0.1, -0.05) is 26.2 Å². The number of ether oxygens (including phenoxy) is 2. The highest BCUT2D eigenvalue weighted by Crippen LogP contribution is 2.05. The van der Waals surface area contributed by atoms with E-state index in [2.05, 4.69) is 6.92 Å². The molecule has 0 aromatic rings. The second-order valence-electron chi connectivity index (χ2n) is 3.12. The fraction of sp³-hybridized carbons (Fsp3) is 0.727. The Morgan fingerprint density at radius 3 is 2.64 bits per heavy atom. The third-order valence-electron chi connectivity index (χ3n) is 1.86. The Morgan fingerprint density at radius 1 is 1.29 bits per heavy atom. The van der Waals surface area contributed by atoms with Crippen LogP contribution in [0.2, 0.25) is 0 Å². The van der Waals surface area contributed by atoms with Gasteiger partial charge in [-0.3, -0.25) is 4.79 Å². The van der Waals surface area contributed by atoms with Gasteiger partial charge in [-0.05, 0) is 18.9 Å². The van der Waals surface area contributed by atoms with E-state index in [-0.39, 0.29) is 6.79 Å². The number of carbonyl (C=O) groups excluding carboxylic acids is 1. The van der Waals surface area contributed by atoms with Crippen molar-refractivity contribution < 1.29 is 14.3 Å². The number of allylic oxidation sites excluding steroid dienone is 2. The van der Waals surface area contributed by atoms with Crippen LogP contribution in [0, 0.1) is 0 Å². The molecule has 0 aliphatic heterocycles. The van der Waals surface area contributed by atoms with Crippen molar-refractivity contribution in [2.24, 2.45) is 0 Å². The van der Waals surface area contributed by atoms with Crippen molar-refractivity contribution in [3.8, 4) is 0 Å². The van der Waals surface area contributed by atoms with Gasteiger partial charge >= 0.3 is 0 Å². The number of hydrogen-bond acceptors (Lipinski definition) is 3. The zero-order valence-electron chi connectivity index (χ0n) is 9.12. The number of methoxy groups -OCH3 is 1. The van der Waals surface area contributed by atoms with E-state index >= 15 is 0 Å². The second-order valence-corrected chi connectivity index (χ2v) is 3.12. The van der Waals surface area contributed by atoms with E-state index in [1.54, 1.807) is 0 Å². The molecule has 0 aromatic heterocycles. The Morgan fingerprint density at radius 2 is 2.07 bits per heavy atom. The highest BCUT2D eigenvalue weighted by Gasteiger charge is 1.94. The molecule has 0 heterocycles.